The van der Waals surface area contributed by atoms with Crippen LogP contribution in [0.5, 0.6) is 0 Å². The minimum absolute atomic E-state index is 0.0605. The second-order valence-corrected chi connectivity index (χ2v) is 6.47. The first-order valence-corrected chi connectivity index (χ1v) is 7.95. The molecule has 4 rings (SSSR count). The van der Waals surface area contributed by atoms with E-state index in [1.807, 2.05) is 19.2 Å². The van der Waals surface area contributed by atoms with Crippen LogP contribution >= 0.6 is 0 Å². The predicted octanol–water partition coefficient (Wildman–Crippen LogP) is 2.11. The van der Waals surface area contributed by atoms with Gasteiger partial charge in [0, 0.05) is 34.1 Å². The van der Waals surface area contributed by atoms with Crippen LogP contribution in [0.4, 0.5) is 5.69 Å². The monoisotopic (exact) mass is 309 g/mol. The lowest BCUT2D eigenvalue weighted by Crippen LogP contribution is -2.53. The van der Waals surface area contributed by atoms with E-state index >= 15 is 0 Å². The molecule has 1 atom stereocenters. The number of carbonyl (C=O) groups excluding carboxylic acids is 2. The van der Waals surface area contributed by atoms with E-state index in [1.54, 1.807) is 18.2 Å². The van der Waals surface area contributed by atoms with E-state index in [0.29, 0.717) is 22.2 Å². The Labute approximate surface area is 134 Å². The summed E-state index contributed by atoms with van der Waals surface area (Å²) < 4.78 is 0. The Morgan fingerprint density at radius 2 is 1.83 bits per heavy atom. The number of likely N-dealkylation sites (tertiary alicyclic amines) is 1. The molecule has 5 nitrogen and oxygen atoms in total. The Morgan fingerprint density at radius 1 is 1.09 bits per heavy atom. The van der Waals surface area contributed by atoms with Crippen molar-refractivity contribution in [3.8, 4) is 0 Å². The molecule has 5 heteroatoms. The van der Waals surface area contributed by atoms with Gasteiger partial charge in [-0.05, 0) is 44.6 Å². The molecule has 2 amide bonds. The van der Waals surface area contributed by atoms with Crippen LogP contribution in [0.2, 0.25) is 0 Å². The maximum Gasteiger partial charge on any atom is 0.261 e. The van der Waals surface area contributed by atoms with Gasteiger partial charge in [-0.3, -0.25) is 14.5 Å². The molecule has 2 N–H and O–H groups in total. The number of hydrogen-bond acceptors (Lipinski definition) is 4. The molecule has 0 aromatic heterocycles. The van der Waals surface area contributed by atoms with E-state index in [9.17, 15) is 9.59 Å². The number of piperidine rings is 1. The van der Waals surface area contributed by atoms with Gasteiger partial charge in [0.15, 0.2) is 0 Å². The molecule has 118 valence electrons. The minimum Gasteiger partial charge on any atom is -0.398 e. The number of nitrogens with two attached hydrogens (primary N) is 1. The SMILES string of the molecule is CN1CCC[C@H](N2C(=O)c3cccc4c(N)ccc(c34)C2=O)C1. The zero-order chi connectivity index (χ0) is 16.1. The Balaban J connectivity index is 1.87. The lowest BCUT2D eigenvalue weighted by molar-refractivity contribution is 0.0458. The number of hydrogen-bond donors (Lipinski definition) is 1. The average Bonchev–Trinajstić information content (AvgIpc) is 2.54. The first kappa shape index (κ1) is 14.2. The van der Waals surface area contributed by atoms with Gasteiger partial charge in [0.25, 0.3) is 11.8 Å². The van der Waals surface area contributed by atoms with Crippen molar-refractivity contribution in [2.24, 2.45) is 0 Å². The van der Waals surface area contributed by atoms with Crippen LogP contribution in [-0.4, -0.2) is 47.8 Å². The normalized spacial score (nSPS) is 22.0. The summed E-state index contributed by atoms with van der Waals surface area (Å²) in [5.74, 6) is -0.391. The number of benzene rings is 2. The third-order valence-corrected chi connectivity index (χ3v) is 4.94. The number of amides is 2. The van der Waals surface area contributed by atoms with Crippen LogP contribution in [0.1, 0.15) is 33.6 Å². The standard InChI is InChI=1S/C18H19N3O2/c1-20-9-3-4-11(10-20)21-17(22)13-6-2-5-12-15(19)8-7-14(16(12)13)18(21)23/h2,5-8,11H,3-4,9-10,19H2,1H3/t11-/m0/s1. The van der Waals surface area contributed by atoms with Gasteiger partial charge in [-0.15, -0.1) is 0 Å². The van der Waals surface area contributed by atoms with Gasteiger partial charge in [-0.1, -0.05) is 12.1 Å². The molecular weight excluding hydrogens is 290 g/mol. The minimum atomic E-state index is -0.195. The number of rotatable bonds is 1. The molecule has 1 saturated heterocycles. The van der Waals surface area contributed by atoms with Crippen molar-refractivity contribution < 1.29 is 9.59 Å². The van der Waals surface area contributed by atoms with Crippen LogP contribution in [0.15, 0.2) is 30.3 Å². The number of anilines is 1. The predicted molar refractivity (Wildman–Crippen MR) is 89.4 cm³/mol. The fraction of sp³-hybridized carbons (Fsp3) is 0.333. The molecule has 0 spiro atoms. The summed E-state index contributed by atoms with van der Waals surface area (Å²) in [7, 11) is 2.03. The van der Waals surface area contributed by atoms with Crippen LogP contribution < -0.4 is 5.73 Å². The summed E-state index contributed by atoms with van der Waals surface area (Å²) in [6, 6.07) is 8.92. The maximum absolute atomic E-state index is 13.0. The van der Waals surface area contributed by atoms with Crippen molar-refractivity contribution in [3.05, 3.63) is 41.5 Å². The zero-order valence-electron chi connectivity index (χ0n) is 13.1. The fourth-order valence-electron chi connectivity index (χ4n) is 3.82. The summed E-state index contributed by atoms with van der Waals surface area (Å²) >= 11 is 0. The molecule has 2 aromatic carbocycles. The number of nitrogen functional groups attached to an aromatic ring is 1. The number of nitrogens with zero attached hydrogens (tertiary/aromatic N) is 2. The van der Waals surface area contributed by atoms with Gasteiger partial charge < -0.3 is 10.6 Å². The smallest absolute Gasteiger partial charge is 0.261 e. The summed E-state index contributed by atoms with van der Waals surface area (Å²) in [5.41, 5.74) is 7.77. The first-order chi connectivity index (χ1) is 11.1. The zero-order valence-corrected chi connectivity index (χ0v) is 13.1. The van der Waals surface area contributed by atoms with Crippen molar-refractivity contribution >= 4 is 28.3 Å². The summed E-state index contributed by atoms with van der Waals surface area (Å²) in [6.07, 6.45) is 1.86. The number of imide groups is 1. The molecule has 0 radical (unpaired) electrons. The molecule has 0 bridgehead atoms. The van der Waals surface area contributed by atoms with Crippen LogP contribution in [0, 0.1) is 0 Å². The topological polar surface area (TPSA) is 66.6 Å². The third-order valence-electron chi connectivity index (χ3n) is 4.94. The van der Waals surface area contributed by atoms with Gasteiger partial charge >= 0.3 is 0 Å². The van der Waals surface area contributed by atoms with Gasteiger partial charge in [0.2, 0.25) is 0 Å². The van der Waals surface area contributed by atoms with E-state index in [4.69, 9.17) is 5.73 Å². The highest BCUT2D eigenvalue weighted by atomic mass is 16.2. The van der Waals surface area contributed by atoms with Crippen molar-refractivity contribution in [2.45, 2.75) is 18.9 Å². The third kappa shape index (κ3) is 2.04. The Kier molecular flexibility index (Phi) is 3.13. The van der Waals surface area contributed by atoms with E-state index in [2.05, 4.69) is 4.90 Å². The molecule has 0 aliphatic carbocycles. The second kappa shape index (κ2) is 5.06. The van der Waals surface area contributed by atoms with E-state index in [-0.39, 0.29) is 17.9 Å². The van der Waals surface area contributed by atoms with Crippen molar-refractivity contribution in [2.75, 3.05) is 25.9 Å². The first-order valence-electron chi connectivity index (χ1n) is 7.95. The highest BCUT2D eigenvalue weighted by Crippen LogP contribution is 2.34. The molecule has 0 saturated carbocycles. The molecule has 2 aliphatic rings. The van der Waals surface area contributed by atoms with Crippen LogP contribution in [0.3, 0.4) is 0 Å². The van der Waals surface area contributed by atoms with Crippen molar-refractivity contribution in [1.82, 2.24) is 9.80 Å². The molecule has 2 aliphatic heterocycles. The quantitative estimate of drug-likeness (QED) is 0.647. The van der Waals surface area contributed by atoms with Crippen molar-refractivity contribution in [3.63, 3.8) is 0 Å². The Hall–Kier alpha value is -2.40. The number of carbonyl (C=O) groups is 2. The Bertz CT molecular complexity index is 808. The lowest BCUT2D eigenvalue weighted by atomic mass is 9.91. The van der Waals surface area contributed by atoms with E-state index in [1.165, 1.54) is 4.90 Å². The molecule has 0 unspecified atom stereocenters. The van der Waals surface area contributed by atoms with Gasteiger partial charge in [-0.2, -0.15) is 0 Å². The molecule has 1 fully saturated rings. The van der Waals surface area contributed by atoms with Crippen LogP contribution in [-0.2, 0) is 0 Å². The van der Waals surface area contributed by atoms with E-state index in [0.717, 1.165) is 31.3 Å². The highest BCUT2D eigenvalue weighted by Gasteiger charge is 2.38. The summed E-state index contributed by atoms with van der Waals surface area (Å²) in [6.45, 7) is 1.74. The summed E-state index contributed by atoms with van der Waals surface area (Å²) in [5, 5.41) is 1.48. The number of likely N-dealkylation sites (N-methyl/N-ethyl adjacent to an activating group) is 1. The van der Waals surface area contributed by atoms with E-state index < -0.39 is 0 Å². The van der Waals surface area contributed by atoms with Gasteiger partial charge in [0.05, 0.1) is 6.04 Å². The molecule has 2 aromatic rings. The molecular formula is C18H19N3O2. The largest absolute Gasteiger partial charge is 0.398 e. The maximum atomic E-state index is 13.0. The van der Waals surface area contributed by atoms with Crippen LogP contribution in [0.25, 0.3) is 10.8 Å². The highest BCUT2D eigenvalue weighted by molar-refractivity contribution is 6.26. The second-order valence-electron chi connectivity index (χ2n) is 6.47. The van der Waals surface area contributed by atoms with Gasteiger partial charge in [0.1, 0.15) is 0 Å². The molecule has 2 heterocycles. The van der Waals surface area contributed by atoms with Gasteiger partial charge in [-0.25, -0.2) is 0 Å². The summed E-state index contributed by atoms with van der Waals surface area (Å²) in [4.78, 5) is 29.6. The fourth-order valence-corrected chi connectivity index (χ4v) is 3.82. The molecule has 23 heavy (non-hydrogen) atoms. The lowest BCUT2D eigenvalue weighted by Gasteiger charge is -2.38. The average molecular weight is 309 g/mol. The van der Waals surface area contributed by atoms with Crippen molar-refractivity contribution in [1.29, 1.82) is 0 Å². The Morgan fingerprint density at radius 3 is 2.57 bits per heavy atom.